The van der Waals surface area contributed by atoms with Gasteiger partial charge >= 0.3 is 12.3 Å². The summed E-state index contributed by atoms with van der Waals surface area (Å²) in [5.74, 6) is -2.04. The van der Waals surface area contributed by atoms with Crippen LogP contribution in [-0.2, 0) is 11.4 Å². The molecule has 0 saturated heterocycles. The van der Waals surface area contributed by atoms with Crippen LogP contribution in [0.1, 0.15) is 15.9 Å². The number of carbonyl (C=O) groups excluding carboxylic acids is 1. The molecule has 0 aliphatic carbocycles. The van der Waals surface area contributed by atoms with Crippen molar-refractivity contribution < 1.29 is 31.8 Å². The molecule has 0 aliphatic rings. The fourth-order valence-electron chi connectivity index (χ4n) is 1.07. The fraction of sp³-hybridized carbons (Fsp3) is 0.333. The summed E-state index contributed by atoms with van der Waals surface area (Å²) in [6.07, 6.45) is -4.13. The molecule has 1 aromatic heterocycles. The van der Waals surface area contributed by atoms with Crippen molar-refractivity contribution in [2.45, 2.75) is 13.0 Å². The van der Waals surface area contributed by atoms with Crippen LogP contribution in [0.4, 0.5) is 17.6 Å². The van der Waals surface area contributed by atoms with Gasteiger partial charge in [0.25, 0.3) is 0 Å². The number of ether oxygens (including phenoxy) is 2. The standard InChI is InChI=1S/C9H6F4INO3/c1-17-8(16)5-6(14)4(2-10)3-15-7(5)18-9(11,12)13/h3H,2H2,1H3. The summed E-state index contributed by atoms with van der Waals surface area (Å²) in [6, 6.07) is 0. The summed E-state index contributed by atoms with van der Waals surface area (Å²) in [4.78, 5) is 14.6. The second kappa shape index (κ2) is 5.67. The summed E-state index contributed by atoms with van der Waals surface area (Å²) >= 11 is 1.53. The first-order valence-electron chi connectivity index (χ1n) is 4.37. The highest BCUT2D eigenvalue weighted by atomic mass is 127. The third-order valence-electron chi connectivity index (χ3n) is 1.80. The number of pyridine rings is 1. The molecular weight excluding hydrogens is 373 g/mol. The summed E-state index contributed by atoms with van der Waals surface area (Å²) in [7, 11) is 0.984. The molecule has 0 spiro atoms. The van der Waals surface area contributed by atoms with Gasteiger partial charge in [0, 0.05) is 15.3 Å². The summed E-state index contributed by atoms with van der Waals surface area (Å²) in [5, 5.41) is 0. The van der Waals surface area contributed by atoms with Crippen LogP contribution in [0.2, 0.25) is 0 Å². The number of rotatable bonds is 3. The van der Waals surface area contributed by atoms with E-state index in [0.717, 1.165) is 13.3 Å². The van der Waals surface area contributed by atoms with Crippen molar-refractivity contribution in [1.29, 1.82) is 0 Å². The SMILES string of the molecule is COC(=O)c1c(OC(F)(F)F)ncc(CF)c1I. The molecule has 0 radical (unpaired) electrons. The maximum absolute atomic E-state index is 12.5. The maximum Gasteiger partial charge on any atom is 0.574 e. The summed E-state index contributed by atoms with van der Waals surface area (Å²) in [6.45, 7) is -0.971. The Morgan fingerprint density at radius 2 is 2.11 bits per heavy atom. The lowest BCUT2D eigenvalue weighted by molar-refractivity contribution is -0.276. The molecule has 0 aliphatic heterocycles. The zero-order valence-electron chi connectivity index (χ0n) is 8.85. The molecule has 0 bridgehead atoms. The number of halogens is 5. The van der Waals surface area contributed by atoms with E-state index in [9.17, 15) is 22.4 Å². The highest BCUT2D eigenvalue weighted by molar-refractivity contribution is 14.1. The molecule has 1 heterocycles. The Hall–Kier alpha value is -1.13. The molecule has 0 saturated carbocycles. The Morgan fingerprint density at radius 3 is 2.56 bits per heavy atom. The van der Waals surface area contributed by atoms with Crippen molar-refractivity contribution in [3.63, 3.8) is 0 Å². The average Bonchev–Trinajstić information content (AvgIpc) is 2.26. The molecule has 9 heteroatoms. The van der Waals surface area contributed by atoms with Gasteiger partial charge in [-0.05, 0) is 22.6 Å². The van der Waals surface area contributed by atoms with Crippen LogP contribution < -0.4 is 4.74 Å². The third-order valence-corrected chi connectivity index (χ3v) is 3.03. The molecule has 1 rings (SSSR count). The molecule has 0 amide bonds. The number of hydrogen-bond donors (Lipinski definition) is 0. The zero-order valence-corrected chi connectivity index (χ0v) is 11.0. The van der Waals surface area contributed by atoms with Crippen LogP contribution in [0.25, 0.3) is 0 Å². The summed E-state index contributed by atoms with van der Waals surface area (Å²) in [5.41, 5.74) is -0.573. The van der Waals surface area contributed by atoms with Gasteiger partial charge in [-0.2, -0.15) is 0 Å². The number of methoxy groups -OCH3 is 1. The Bertz CT molecular complexity index is 464. The number of carbonyl (C=O) groups is 1. The van der Waals surface area contributed by atoms with Crippen molar-refractivity contribution in [2.75, 3.05) is 7.11 Å². The Balaban J connectivity index is 3.34. The highest BCUT2D eigenvalue weighted by Crippen LogP contribution is 2.30. The Kier molecular flexibility index (Phi) is 4.71. The monoisotopic (exact) mass is 379 g/mol. The van der Waals surface area contributed by atoms with Crippen molar-refractivity contribution >= 4 is 28.6 Å². The van der Waals surface area contributed by atoms with Crippen molar-refractivity contribution in [1.82, 2.24) is 4.98 Å². The van der Waals surface area contributed by atoms with E-state index in [0.29, 0.717) is 0 Å². The van der Waals surface area contributed by atoms with Gasteiger partial charge in [0.1, 0.15) is 12.2 Å². The van der Waals surface area contributed by atoms with Crippen LogP contribution in [-0.4, -0.2) is 24.4 Å². The molecular formula is C9H6F4INO3. The highest BCUT2D eigenvalue weighted by Gasteiger charge is 2.35. The van der Waals surface area contributed by atoms with Crippen LogP contribution in [0.5, 0.6) is 5.88 Å². The van der Waals surface area contributed by atoms with Crippen LogP contribution >= 0.6 is 22.6 Å². The van der Waals surface area contributed by atoms with E-state index in [4.69, 9.17) is 0 Å². The average molecular weight is 379 g/mol. The largest absolute Gasteiger partial charge is 0.574 e. The molecule has 0 aromatic carbocycles. The van der Waals surface area contributed by atoms with Gasteiger partial charge in [0.15, 0.2) is 0 Å². The minimum absolute atomic E-state index is 0.0227. The first-order valence-corrected chi connectivity index (χ1v) is 5.45. The molecule has 18 heavy (non-hydrogen) atoms. The van der Waals surface area contributed by atoms with Crippen molar-refractivity contribution in [3.05, 3.63) is 20.9 Å². The quantitative estimate of drug-likeness (QED) is 0.461. The number of hydrogen-bond acceptors (Lipinski definition) is 4. The molecule has 0 fully saturated rings. The number of alkyl halides is 4. The van der Waals surface area contributed by atoms with E-state index >= 15 is 0 Å². The number of nitrogens with zero attached hydrogens (tertiary/aromatic N) is 1. The van der Waals surface area contributed by atoms with E-state index in [-0.39, 0.29) is 9.13 Å². The topological polar surface area (TPSA) is 48.4 Å². The van der Waals surface area contributed by atoms with Crippen LogP contribution in [0.15, 0.2) is 6.20 Å². The number of aromatic nitrogens is 1. The second-order valence-corrected chi connectivity index (χ2v) is 4.03. The predicted octanol–water partition coefficient (Wildman–Crippen LogP) is 2.84. The molecule has 1 aromatic rings. The smallest absolute Gasteiger partial charge is 0.465 e. The minimum Gasteiger partial charge on any atom is -0.465 e. The van der Waals surface area contributed by atoms with Gasteiger partial charge in [-0.15, -0.1) is 13.2 Å². The maximum atomic E-state index is 12.5. The van der Waals surface area contributed by atoms with Crippen molar-refractivity contribution in [2.24, 2.45) is 0 Å². The van der Waals surface area contributed by atoms with Crippen LogP contribution in [0.3, 0.4) is 0 Å². The molecule has 0 N–H and O–H groups in total. The molecule has 0 atom stereocenters. The van der Waals surface area contributed by atoms with E-state index in [1.54, 1.807) is 0 Å². The van der Waals surface area contributed by atoms with Gasteiger partial charge in [0.2, 0.25) is 5.88 Å². The van der Waals surface area contributed by atoms with E-state index in [1.807, 2.05) is 0 Å². The first-order chi connectivity index (χ1) is 8.30. The normalized spacial score (nSPS) is 11.2. The third kappa shape index (κ3) is 3.43. The van der Waals surface area contributed by atoms with E-state index in [1.165, 1.54) is 22.6 Å². The zero-order chi connectivity index (χ0) is 13.9. The minimum atomic E-state index is -5.00. The Morgan fingerprint density at radius 1 is 1.50 bits per heavy atom. The van der Waals surface area contributed by atoms with Gasteiger partial charge in [0.05, 0.1) is 7.11 Å². The van der Waals surface area contributed by atoms with E-state index < -0.39 is 30.4 Å². The summed E-state index contributed by atoms with van der Waals surface area (Å²) < 4.78 is 56.8. The van der Waals surface area contributed by atoms with Gasteiger partial charge in [-0.1, -0.05) is 0 Å². The fourth-order valence-corrected chi connectivity index (χ4v) is 1.81. The van der Waals surface area contributed by atoms with Gasteiger partial charge < -0.3 is 9.47 Å². The number of esters is 1. The second-order valence-electron chi connectivity index (χ2n) is 2.95. The lowest BCUT2D eigenvalue weighted by Crippen LogP contribution is -2.21. The van der Waals surface area contributed by atoms with Crippen molar-refractivity contribution in [3.8, 4) is 5.88 Å². The lowest BCUT2D eigenvalue weighted by atomic mass is 10.2. The lowest BCUT2D eigenvalue weighted by Gasteiger charge is -2.13. The van der Waals surface area contributed by atoms with Gasteiger partial charge in [-0.3, -0.25) is 0 Å². The Labute approximate surface area is 112 Å². The molecule has 100 valence electrons. The predicted molar refractivity (Wildman–Crippen MR) is 59.8 cm³/mol. The first kappa shape index (κ1) is 14.9. The molecule has 4 nitrogen and oxygen atoms in total. The van der Waals surface area contributed by atoms with Gasteiger partial charge in [-0.25, -0.2) is 14.2 Å². The van der Waals surface area contributed by atoms with Crippen LogP contribution in [0, 0.1) is 3.57 Å². The molecule has 0 unspecified atom stereocenters. The van der Waals surface area contributed by atoms with E-state index in [2.05, 4.69) is 14.5 Å².